The largest absolute Gasteiger partial charge is 0.492 e. The van der Waals surface area contributed by atoms with Gasteiger partial charge in [-0.3, -0.25) is 19.3 Å². The van der Waals surface area contributed by atoms with Crippen molar-refractivity contribution in [2.24, 2.45) is 0 Å². The third-order valence-electron chi connectivity index (χ3n) is 6.02. The molecular weight excluding hydrogens is 484 g/mol. The number of ketones is 1. The molecule has 0 unspecified atom stereocenters. The van der Waals surface area contributed by atoms with Crippen LogP contribution in [-0.4, -0.2) is 37.1 Å². The first-order valence-electron chi connectivity index (χ1n) is 11.3. The third kappa shape index (κ3) is 4.10. The molecule has 6 rings (SSSR count). The summed E-state index contributed by atoms with van der Waals surface area (Å²) in [6.45, 7) is 0.329. The second-order valence-corrected chi connectivity index (χ2v) is 8.39. The predicted octanol–water partition coefficient (Wildman–Crippen LogP) is 3.93. The predicted molar refractivity (Wildman–Crippen MR) is 127 cm³/mol. The number of nitrogens with zero attached hydrogens (tertiary/aromatic N) is 4. The van der Waals surface area contributed by atoms with Gasteiger partial charge in [0.15, 0.2) is 23.0 Å². The zero-order valence-corrected chi connectivity index (χ0v) is 19.1. The molecule has 0 atom stereocenters. The molecule has 0 amide bonds. The number of carbonyl (C=O) groups excluding carboxylic acids is 1. The number of nitrogens with one attached hydrogen (secondary N) is 1. The van der Waals surface area contributed by atoms with Crippen molar-refractivity contribution in [2.45, 2.75) is 12.8 Å². The number of H-pyrrole nitrogens is 1. The zero-order chi connectivity index (χ0) is 25.5. The van der Waals surface area contributed by atoms with Gasteiger partial charge in [-0.15, -0.1) is 0 Å². The van der Waals surface area contributed by atoms with E-state index < -0.39 is 23.0 Å². The Morgan fingerprint density at radius 2 is 1.97 bits per heavy atom. The number of aromatic amines is 1. The minimum absolute atomic E-state index is 0.0972. The number of benzene rings is 2. The lowest BCUT2D eigenvalue weighted by Crippen LogP contribution is -2.27. The molecule has 4 heterocycles. The Kier molecular flexibility index (Phi) is 5.44. The number of pyridine rings is 1. The summed E-state index contributed by atoms with van der Waals surface area (Å²) in [7, 11) is 0. The highest BCUT2D eigenvalue weighted by Gasteiger charge is 2.27. The number of carbonyl (C=O) groups is 1. The topological polar surface area (TPSA) is 112 Å². The van der Waals surface area contributed by atoms with Crippen LogP contribution >= 0.6 is 0 Å². The molecule has 11 heteroatoms. The number of ether oxygens (including phenoxy) is 2. The van der Waals surface area contributed by atoms with Crippen molar-refractivity contribution < 1.29 is 23.0 Å². The molecule has 3 aromatic heterocycles. The summed E-state index contributed by atoms with van der Waals surface area (Å²) < 4.78 is 40.8. The number of hydrogen-bond acceptors (Lipinski definition) is 7. The van der Waals surface area contributed by atoms with E-state index in [2.05, 4.69) is 20.2 Å². The normalized spacial score (nSPS) is 12.4. The van der Waals surface area contributed by atoms with Gasteiger partial charge in [0.25, 0.3) is 5.56 Å². The van der Waals surface area contributed by atoms with Crippen molar-refractivity contribution in [1.29, 1.82) is 0 Å². The molecule has 0 saturated carbocycles. The first kappa shape index (κ1) is 22.5. The number of hydrogen-bond donors (Lipinski definition) is 1. The van der Waals surface area contributed by atoms with Crippen molar-refractivity contribution >= 4 is 16.8 Å². The lowest BCUT2D eigenvalue weighted by atomic mass is 10.0. The van der Waals surface area contributed by atoms with E-state index in [4.69, 9.17) is 9.47 Å². The van der Waals surface area contributed by atoms with Crippen LogP contribution in [0, 0.1) is 11.6 Å². The van der Waals surface area contributed by atoms with Crippen molar-refractivity contribution in [3.63, 3.8) is 0 Å². The Bertz CT molecular complexity index is 1730. The molecule has 5 aromatic rings. The Balaban J connectivity index is 1.30. The van der Waals surface area contributed by atoms with Crippen LogP contribution in [0.25, 0.3) is 16.7 Å². The summed E-state index contributed by atoms with van der Waals surface area (Å²) in [5, 5.41) is 7.03. The maximum absolute atomic E-state index is 14.9. The van der Waals surface area contributed by atoms with Crippen LogP contribution in [0.5, 0.6) is 17.4 Å². The van der Waals surface area contributed by atoms with Crippen molar-refractivity contribution in [2.75, 3.05) is 6.61 Å². The van der Waals surface area contributed by atoms with Crippen LogP contribution in [0.2, 0.25) is 0 Å². The second kappa shape index (κ2) is 8.94. The minimum Gasteiger partial charge on any atom is -0.492 e. The molecular formula is C26H17F2N5O4. The van der Waals surface area contributed by atoms with E-state index in [9.17, 15) is 18.4 Å². The van der Waals surface area contributed by atoms with Crippen molar-refractivity contribution in [3.8, 4) is 23.1 Å². The van der Waals surface area contributed by atoms with Crippen molar-refractivity contribution in [3.05, 3.63) is 99.9 Å². The molecule has 0 spiro atoms. The van der Waals surface area contributed by atoms with Gasteiger partial charge in [0, 0.05) is 30.3 Å². The Morgan fingerprint density at radius 3 is 2.78 bits per heavy atom. The molecule has 0 fully saturated rings. The van der Waals surface area contributed by atoms with Gasteiger partial charge < -0.3 is 9.47 Å². The van der Waals surface area contributed by atoms with E-state index in [1.807, 2.05) is 0 Å². The second-order valence-electron chi connectivity index (χ2n) is 8.39. The van der Waals surface area contributed by atoms with Gasteiger partial charge >= 0.3 is 0 Å². The average molecular weight is 501 g/mol. The highest BCUT2D eigenvalue weighted by Crippen LogP contribution is 2.31. The maximum atomic E-state index is 14.9. The number of aromatic nitrogens is 5. The van der Waals surface area contributed by atoms with E-state index in [1.165, 1.54) is 59.6 Å². The number of halogens is 2. The summed E-state index contributed by atoms with van der Waals surface area (Å²) in [4.78, 5) is 34.6. The van der Waals surface area contributed by atoms with Gasteiger partial charge in [-0.2, -0.15) is 5.10 Å². The fourth-order valence-corrected chi connectivity index (χ4v) is 4.24. The molecule has 0 radical (unpaired) electrons. The molecule has 2 aromatic carbocycles. The highest BCUT2D eigenvalue weighted by molar-refractivity contribution is 6.00. The van der Waals surface area contributed by atoms with Crippen LogP contribution < -0.4 is 15.0 Å². The van der Waals surface area contributed by atoms with Crippen LogP contribution in [0.4, 0.5) is 8.78 Å². The molecule has 1 aliphatic rings. The molecule has 37 heavy (non-hydrogen) atoms. The van der Waals surface area contributed by atoms with Crippen molar-refractivity contribution in [1.82, 2.24) is 24.7 Å². The van der Waals surface area contributed by atoms with Gasteiger partial charge in [-0.05, 0) is 42.0 Å². The first-order valence-corrected chi connectivity index (χ1v) is 11.3. The molecule has 1 aliphatic heterocycles. The molecule has 0 aliphatic carbocycles. The first-order chi connectivity index (χ1) is 18.0. The summed E-state index contributed by atoms with van der Waals surface area (Å²) in [5.41, 5.74) is 1.18. The van der Waals surface area contributed by atoms with Gasteiger partial charge in [-0.25, -0.2) is 18.7 Å². The molecule has 1 N–H and O–H groups in total. The lowest BCUT2D eigenvalue weighted by molar-refractivity contribution is 0.0988. The number of rotatable bonds is 6. The Morgan fingerprint density at radius 1 is 1.14 bits per heavy atom. The van der Waals surface area contributed by atoms with E-state index in [0.29, 0.717) is 40.9 Å². The van der Waals surface area contributed by atoms with E-state index >= 15 is 0 Å². The molecule has 0 bridgehead atoms. The fraction of sp³-hybridized carbons (Fsp3) is 0.115. The van der Waals surface area contributed by atoms with Gasteiger partial charge in [0.1, 0.15) is 28.8 Å². The maximum Gasteiger partial charge on any atom is 0.269 e. The molecule has 184 valence electrons. The molecule has 9 nitrogen and oxygen atoms in total. The SMILES string of the molecule is O=C(Cc1ccc(Oc2ncnc3[nH]ncc23)c(F)c1)c1c2c(cn(-c3ccc(F)cc3)c1=O)CCO2. The van der Waals surface area contributed by atoms with E-state index in [-0.39, 0.29) is 29.4 Å². The van der Waals surface area contributed by atoms with Crippen LogP contribution in [0.3, 0.4) is 0 Å². The zero-order valence-electron chi connectivity index (χ0n) is 19.1. The van der Waals surface area contributed by atoms with Crippen LogP contribution in [-0.2, 0) is 12.8 Å². The standard InChI is InChI=1S/C26H17F2N5O4/c27-16-2-4-17(5-3-16)33-12-15-7-8-36-23(15)22(26(33)35)20(34)10-14-1-6-21(19(28)9-14)37-25-18-11-31-32-24(18)29-13-30-25/h1-6,9,11-13H,7-8,10H2,(H,29,30,31,32). The van der Waals surface area contributed by atoms with Gasteiger partial charge in [-0.1, -0.05) is 6.07 Å². The number of fused-ring (bicyclic) bond motifs is 2. The van der Waals surface area contributed by atoms with Gasteiger partial charge in [0.2, 0.25) is 5.88 Å². The summed E-state index contributed by atoms with van der Waals surface area (Å²) >= 11 is 0. The monoisotopic (exact) mass is 501 g/mol. The minimum atomic E-state index is -0.709. The quantitative estimate of drug-likeness (QED) is 0.351. The Labute approximate surface area is 207 Å². The lowest BCUT2D eigenvalue weighted by Gasteiger charge is -2.13. The number of Topliss-reactive ketones (excluding diaryl/α,β-unsaturated/α-hetero) is 1. The van der Waals surface area contributed by atoms with Crippen LogP contribution in [0.1, 0.15) is 21.5 Å². The van der Waals surface area contributed by atoms with Gasteiger partial charge in [0.05, 0.1) is 12.8 Å². The summed E-state index contributed by atoms with van der Waals surface area (Å²) in [5.74, 6) is -1.41. The third-order valence-corrected chi connectivity index (χ3v) is 6.02. The van der Waals surface area contributed by atoms with E-state index in [0.717, 1.165) is 0 Å². The van der Waals surface area contributed by atoms with Crippen LogP contribution in [0.15, 0.2) is 66.0 Å². The summed E-state index contributed by atoms with van der Waals surface area (Å²) in [6, 6.07) is 9.47. The summed E-state index contributed by atoms with van der Waals surface area (Å²) in [6.07, 6.45) is 4.61. The smallest absolute Gasteiger partial charge is 0.269 e. The Hall–Kier alpha value is -4.93. The van der Waals surface area contributed by atoms with E-state index in [1.54, 1.807) is 6.20 Å². The molecule has 0 saturated heterocycles. The average Bonchev–Trinajstić information content (AvgIpc) is 3.56. The highest BCUT2D eigenvalue weighted by atomic mass is 19.1. The fourth-order valence-electron chi connectivity index (χ4n) is 4.24.